The minimum Gasteiger partial charge on any atom is -0.747 e. The molecule has 0 heterocycles. The molecule has 0 aliphatic heterocycles. The van der Waals surface area contributed by atoms with E-state index in [9.17, 15) is 25.9 Å². The largest absolute Gasteiger partial charge is 1.00 e. The van der Waals surface area contributed by atoms with Crippen LogP contribution in [0.3, 0.4) is 0 Å². The van der Waals surface area contributed by atoms with Crippen LogP contribution in [0.15, 0.2) is 0 Å². The fourth-order valence-corrected chi connectivity index (χ4v) is 0. The van der Waals surface area contributed by atoms with Crippen molar-refractivity contribution in [1.82, 2.24) is 0 Å². The third kappa shape index (κ3) is 18.9. The molecular formula is C4H10Na2O6S4. The molecule has 2 unspecified atom stereocenters. The summed E-state index contributed by atoms with van der Waals surface area (Å²) in [5.41, 5.74) is 0. The minimum atomic E-state index is -4.13. The van der Waals surface area contributed by atoms with E-state index in [0.29, 0.717) is 0 Å². The summed E-state index contributed by atoms with van der Waals surface area (Å²) in [6, 6.07) is 0. The van der Waals surface area contributed by atoms with Crippen molar-refractivity contribution >= 4 is 45.5 Å². The maximum absolute atomic E-state index is 9.70. The van der Waals surface area contributed by atoms with Gasteiger partial charge in [-0.25, -0.2) is 16.8 Å². The topological polar surface area (TPSA) is 114 Å². The number of thiol groups is 2. The predicted molar refractivity (Wildman–Crippen MR) is 56.3 cm³/mol. The second kappa shape index (κ2) is 11.4. The summed E-state index contributed by atoms with van der Waals surface area (Å²) in [5, 5.41) is 0. The first-order valence-corrected chi connectivity index (χ1v) is 7.12. The molecule has 6 nitrogen and oxygen atoms in total. The molecule has 12 heteroatoms. The fourth-order valence-electron chi connectivity index (χ4n) is 0. The fraction of sp³-hybridized carbons (Fsp3) is 1.00. The van der Waals surface area contributed by atoms with Crippen LogP contribution in [0.2, 0.25) is 0 Å². The van der Waals surface area contributed by atoms with Crippen LogP contribution in [0.1, 0.15) is 13.8 Å². The first kappa shape index (κ1) is 27.0. The van der Waals surface area contributed by atoms with Crippen molar-refractivity contribution in [3.8, 4) is 0 Å². The Morgan fingerprint density at radius 2 is 0.875 bits per heavy atom. The van der Waals surface area contributed by atoms with Crippen molar-refractivity contribution in [3.05, 3.63) is 0 Å². The van der Waals surface area contributed by atoms with Crippen LogP contribution in [-0.4, -0.2) is 35.1 Å². The van der Waals surface area contributed by atoms with E-state index in [1.807, 2.05) is 0 Å². The molecule has 0 bridgehead atoms. The molecule has 0 N–H and O–H groups in total. The number of rotatable bonds is 2. The van der Waals surface area contributed by atoms with Gasteiger partial charge in [-0.15, -0.1) is 0 Å². The summed E-state index contributed by atoms with van der Waals surface area (Å²) < 4.78 is 56.0. The summed E-state index contributed by atoms with van der Waals surface area (Å²) in [5.74, 6) is 0. The van der Waals surface area contributed by atoms with Gasteiger partial charge in [-0.3, -0.25) is 0 Å². The van der Waals surface area contributed by atoms with Gasteiger partial charge in [-0.2, -0.15) is 25.3 Å². The van der Waals surface area contributed by atoms with E-state index in [1.54, 1.807) is 0 Å². The Hall–Kier alpha value is 2.52. The van der Waals surface area contributed by atoms with Crippen molar-refractivity contribution in [1.29, 1.82) is 0 Å². The van der Waals surface area contributed by atoms with E-state index < -0.39 is 29.4 Å². The molecule has 0 aliphatic rings. The van der Waals surface area contributed by atoms with Crippen LogP contribution in [0.5, 0.6) is 0 Å². The molecule has 0 fully saturated rings. The van der Waals surface area contributed by atoms with Gasteiger partial charge in [0.25, 0.3) is 0 Å². The zero-order valence-corrected chi connectivity index (χ0v) is 16.7. The molecule has 16 heavy (non-hydrogen) atoms. The van der Waals surface area contributed by atoms with Gasteiger partial charge in [0.2, 0.25) is 0 Å². The van der Waals surface area contributed by atoms with Gasteiger partial charge in [-0.1, -0.05) is 0 Å². The average molecular weight is 328 g/mol. The first-order valence-electron chi connectivity index (χ1n) is 3.14. The van der Waals surface area contributed by atoms with Gasteiger partial charge in [0, 0.05) is 0 Å². The second-order valence-electron chi connectivity index (χ2n) is 2.18. The molecule has 0 aromatic heterocycles. The molecule has 0 aliphatic carbocycles. The maximum atomic E-state index is 9.70. The van der Waals surface area contributed by atoms with Crippen molar-refractivity contribution < 1.29 is 85.1 Å². The van der Waals surface area contributed by atoms with Gasteiger partial charge in [-0.05, 0) is 13.8 Å². The van der Waals surface area contributed by atoms with Crippen molar-refractivity contribution in [2.75, 3.05) is 0 Å². The Bertz CT molecular complexity index is 311. The summed E-state index contributed by atoms with van der Waals surface area (Å²) in [4.78, 5) is 0. The molecule has 0 saturated carbocycles. The van der Waals surface area contributed by atoms with E-state index in [4.69, 9.17) is 0 Å². The standard InChI is InChI=1S/2C2H6O3S2.2Na/c2*1-2(6)7(3,4)5;;/h2*2,6H,1H3,(H,3,4,5);;/q;;2*+1/p-2. The minimum absolute atomic E-state index is 0. The molecule has 88 valence electrons. The SMILES string of the molecule is CC(S)S(=O)(=O)[O-].CC(S)S(=O)(=O)[O-].[Na+].[Na+]. The molecule has 0 spiro atoms. The maximum Gasteiger partial charge on any atom is 1.00 e. The summed E-state index contributed by atoms with van der Waals surface area (Å²) >= 11 is 6.76. The molecule has 0 aromatic carbocycles. The quantitative estimate of drug-likeness (QED) is 0.296. The zero-order valence-electron chi connectivity index (χ0n) is 9.32. The molecule has 0 amide bonds. The van der Waals surface area contributed by atoms with E-state index in [0.717, 1.165) is 0 Å². The van der Waals surface area contributed by atoms with E-state index >= 15 is 0 Å². The van der Waals surface area contributed by atoms with E-state index in [-0.39, 0.29) is 59.1 Å². The Balaban J connectivity index is -0.0000000800. The van der Waals surface area contributed by atoms with Crippen molar-refractivity contribution in [2.24, 2.45) is 0 Å². The van der Waals surface area contributed by atoms with Crippen LogP contribution in [0.4, 0.5) is 0 Å². The monoisotopic (exact) mass is 328 g/mol. The van der Waals surface area contributed by atoms with Gasteiger partial charge in [0.05, 0.1) is 9.16 Å². The molecule has 0 saturated heterocycles. The third-order valence-corrected chi connectivity index (χ3v) is 4.06. The third-order valence-electron chi connectivity index (χ3n) is 0.836. The van der Waals surface area contributed by atoms with Crippen LogP contribution in [0.25, 0.3) is 0 Å². The Kier molecular flexibility index (Phi) is 19.1. The predicted octanol–water partition coefficient (Wildman–Crippen LogP) is -6.38. The van der Waals surface area contributed by atoms with Crippen LogP contribution < -0.4 is 59.1 Å². The van der Waals surface area contributed by atoms with Gasteiger partial charge < -0.3 is 9.11 Å². The Morgan fingerprint density at radius 3 is 0.875 bits per heavy atom. The van der Waals surface area contributed by atoms with E-state index in [1.165, 1.54) is 13.8 Å². The molecule has 0 rings (SSSR count). The van der Waals surface area contributed by atoms with Gasteiger partial charge in [0.15, 0.2) is 0 Å². The molecular weight excluding hydrogens is 318 g/mol. The summed E-state index contributed by atoms with van der Waals surface area (Å²) in [7, 11) is -8.25. The average Bonchev–Trinajstić information content (AvgIpc) is 1.83. The van der Waals surface area contributed by atoms with Crippen molar-refractivity contribution in [3.63, 3.8) is 0 Å². The Labute approximate surface area is 151 Å². The normalized spacial score (nSPS) is 14.4. The van der Waals surface area contributed by atoms with Crippen LogP contribution in [-0.2, 0) is 20.2 Å². The molecule has 0 aromatic rings. The summed E-state index contributed by atoms with van der Waals surface area (Å²) in [6.07, 6.45) is 0. The second-order valence-corrected chi connectivity index (χ2v) is 7.82. The van der Waals surface area contributed by atoms with Gasteiger partial charge >= 0.3 is 59.1 Å². The van der Waals surface area contributed by atoms with Gasteiger partial charge in [0.1, 0.15) is 20.2 Å². The van der Waals surface area contributed by atoms with Crippen LogP contribution in [0, 0.1) is 0 Å². The zero-order chi connectivity index (χ0) is 12.2. The smallest absolute Gasteiger partial charge is 0.747 e. The van der Waals surface area contributed by atoms with Crippen molar-refractivity contribution in [2.45, 2.75) is 23.0 Å². The molecule has 2 atom stereocenters. The molecule has 0 radical (unpaired) electrons. The summed E-state index contributed by atoms with van der Waals surface area (Å²) in [6.45, 7) is 2.43. The number of hydrogen-bond donors (Lipinski definition) is 2. The van der Waals surface area contributed by atoms with E-state index in [2.05, 4.69) is 25.3 Å². The van der Waals surface area contributed by atoms with Crippen LogP contribution >= 0.6 is 25.3 Å². The number of hydrogen-bond acceptors (Lipinski definition) is 8. The Morgan fingerprint density at radius 1 is 0.812 bits per heavy atom. The first-order chi connectivity index (χ1) is 5.89.